The molecule has 3 aromatic rings. The number of hydrogen-bond acceptors (Lipinski definition) is 4. The van der Waals surface area contributed by atoms with Crippen LogP contribution in [0.25, 0.3) is 5.65 Å². The summed E-state index contributed by atoms with van der Waals surface area (Å²) in [6.45, 7) is 4.68. The number of nitrogens with one attached hydrogen (secondary N) is 2. The monoisotopic (exact) mass is 283 g/mol. The third kappa shape index (κ3) is 2.65. The van der Waals surface area contributed by atoms with Crippen molar-refractivity contribution in [2.75, 3.05) is 11.9 Å². The van der Waals surface area contributed by atoms with Gasteiger partial charge in [0.05, 0.1) is 0 Å². The first-order valence-electron chi connectivity index (χ1n) is 6.88. The molecule has 0 fully saturated rings. The number of aromatic amines is 1. The second kappa shape index (κ2) is 5.40. The van der Waals surface area contributed by atoms with Crippen LogP contribution in [0.5, 0.6) is 0 Å². The first-order chi connectivity index (χ1) is 10.1. The van der Waals surface area contributed by atoms with Gasteiger partial charge in [0.15, 0.2) is 5.65 Å². The predicted molar refractivity (Wildman–Crippen MR) is 81.7 cm³/mol. The molecule has 0 aliphatic rings. The van der Waals surface area contributed by atoms with Crippen LogP contribution in [-0.4, -0.2) is 26.1 Å². The molecule has 2 N–H and O–H groups in total. The van der Waals surface area contributed by atoms with Gasteiger partial charge in [-0.2, -0.15) is 5.10 Å². The molecule has 6 nitrogen and oxygen atoms in total. The summed E-state index contributed by atoms with van der Waals surface area (Å²) >= 11 is 0. The maximum absolute atomic E-state index is 11.5. The van der Waals surface area contributed by atoms with Gasteiger partial charge in [0.2, 0.25) is 0 Å². The third-order valence-electron chi connectivity index (χ3n) is 3.53. The average molecular weight is 283 g/mol. The molecule has 3 rings (SSSR count). The van der Waals surface area contributed by atoms with Crippen molar-refractivity contribution in [1.29, 1.82) is 0 Å². The molecule has 2 heterocycles. The maximum atomic E-state index is 11.5. The van der Waals surface area contributed by atoms with E-state index in [0.29, 0.717) is 11.5 Å². The van der Waals surface area contributed by atoms with E-state index in [-0.39, 0.29) is 5.69 Å². The smallest absolute Gasteiger partial charge is 0.349 e. The number of aromatic nitrogens is 4. The zero-order valence-corrected chi connectivity index (χ0v) is 12.1. The SMILES string of the molecule is Cc1ccccc1CCNc1cc2n[nH]c(=O)n2c(C)n1. The van der Waals surface area contributed by atoms with Gasteiger partial charge in [-0.25, -0.2) is 19.3 Å². The zero-order chi connectivity index (χ0) is 14.8. The van der Waals surface area contributed by atoms with Crippen LogP contribution in [0.2, 0.25) is 0 Å². The van der Waals surface area contributed by atoms with E-state index in [1.807, 2.05) is 12.1 Å². The molecule has 0 unspecified atom stereocenters. The number of anilines is 1. The largest absolute Gasteiger partial charge is 0.370 e. The molecule has 108 valence electrons. The molecular weight excluding hydrogens is 266 g/mol. The Morgan fingerprint density at radius 2 is 2.10 bits per heavy atom. The average Bonchev–Trinajstić information content (AvgIpc) is 2.83. The molecule has 0 bridgehead atoms. The summed E-state index contributed by atoms with van der Waals surface area (Å²) < 4.78 is 1.45. The number of rotatable bonds is 4. The van der Waals surface area contributed by atoms with Crippen molar-refractivity contribution in [1.82, 2.24) is 19.6 Å². The highest BCUT2D eigenvalue weighted by molar-refractivity contribution is 5.49. The van der Waals surface area contributed by atoms with Gasteiger partial charge in [-0.3, -0.25) is 0 Å². The second-order valence-electron chi connectivity index (χ2n) is 5.01. The van der Waals surface area contributed by atoms with E-state index in [4.69, 9.17) is 0 Å². The number of fused-ring (bicyclic) bond motifs is 1. The Morgan fingerprint density at radius 3 is 2.90 bits per heavy atom. The van der Waals surface area contributed by atoms with Gasteiger partial charge in [0, 0.05) is 12.6 Å². The number of benzene rings is 1. The summed E-state index contributed by atoms with van der Waals surface area (Å²) in [7, 11) is 0. The zero-order valence-electron chi connectivity index (χ0n) is 12.1. The fourth-order valence-corrected chi connectivity index (χ4v) is 2.40. The van der Waals surface area contributed by atoms with Crippen LogP contribution in [0.1, 0.15) is 17.0 Å². The lowest BCUT2D eigenvalue weighted by Crippen LogP contribution is -2.14. The van der Waals surface area contributed by atoms with E-state index in [1.54, 1.807) is 13.0 Å². The fraction of sp³-hybridized carbons (Fsp3) is 0.267. The van der Waals surface area contributed by atoms with Crippen molar-refractivity contribution in [3.63, 3.8) is 0 Å². The van der Waals surface area contributed by atoms with Crippen molar-refractivity contribution in [3.05, 3.63) is 57.8 Å². The topological polar surface area (TPSA) is 75.1 Å². The highest BCUT2D eigenvalue weighted by atomic mass is 16.1. The first-order valence-corrected chi connectivity index (χ1v) is 6.88. The summed E-state index contributed by atoms with van der Waals surface area (Å²) in [5, 5.41) is 9.67. The van der Waals surface area contributed by atoms with Gasteiger partial charge in [-0.15, -0.1) is 0 Å². The third-order valence-corrected chi connectivity index (χ3v) is 3.53. The summed E-state index contributed by atoms with van der Waals surface area (Å²) in [6, 6.07) is 10.1. The minimum Gasteiger partial charge on any atom is -0.370 e. The van der Waals surface area contributed by atoms with Crippen LogP contribution in [0.4, 0.5) is 5.82 Å². The molecule has 0 spiro atoms. The van der Waals surface area contributed by atoms with E-state index in [2.05, 4.69) is 39.6 Å². The molecule has 6 heteroatoms. The van der Waals surface area contributed by atoms with Gasteiger partial charge in [0.1, 0.15) is 11.6 Å². The Kier molecular flexibility index (Phi) is 3.43. The molecule has 0 atom stereocenters. The van der Waals surface area contributed by atoms with Crippen LogP contribution >= 0.6 is 0 Å². The summed E-state index contributed by atoms with van der Waals surface area (Å²) in [4.78, 5) is 15.9. The van der Waals surface area contributed by atoms with Gasteiger partial charge in [0.25, 0.3) is 0 Å². The van der Waals surface area contributed by atoms with Gasteiger partial charge < -0.3 is 5.32 Å². The Bertz CT molecular complexity index is 833. The van der Waals surface area contributed by atoms with Crippen LogP contribution in [0.15, 0.2) is 35.1 Å². The lowest BCUT2D eigenvalue weighted by Gasteiger charge is -2.08. The van der Waals surface area contributed by atoms with Gasteiger partial charge >= 0.3 is 5.69 Å². The highest BCUT2D eigenvalue weighted by Gasteiger charge is 2.06. The van der Waals surface area contributed by atoms with Gasteiger partial charge in [-0.1, -0.05) is 24.3 Å². The van der Waals surface area contributed by atoms with Crippen molar-refractivity contribution >= 4 is 11.5 Å². The normalized spacial score (nSPS) is 11.0. The van der Waals surface area contributed by atoms with Crippen molar-refractivity contribution in [3.8, 4) is 0 Å². The Morgan fingerprint density at radius 1 is 1.29 bits per heavy atom. The molecule has 1 aromatic carbocycles. The van der Waals surface area contributed by atoms with Crippen molar-refractivity contribution in [2.24, 2.45) is 0 Å². The van der Waals surface area contributed by atoms with E-state index >= 15 is 0 Å². The van der Waals surface area contributed by atoms with Crippen LogP contribution < -0.4 is 11.0 Å². The molecule has 0 radical (unpaired) electrons. The molecular formula is C15H17N5O. The first kappa shape index (κ1) is 13.4. The molecule has 0 amide bonds. The quantitative estimate of drug-likeness (QED) is 0.764. The van der Waals surface area contributed by atoms with Crippen molar-refractivity contribution in [2.45, 2.75) is 20.3 Å². The van der Waals surface area contributed by atoms with Gasteiger partial charge in [-0.05, 0) is 31.4 Å². The Labute approximate surface area is 121 Å². The molecule has 0 saturated carbocycles. The van der Waals surface area contributed by atoms with E-state index < -0.39 is 0 Å². The fourth-order valence-electron chi connectivity index (χ4n) is 2.40. The minimum absolute atomic E-state index is 0.263. The van der Waals surface area contributed by atoms with E-state index in [0.717, 1.165) is 18.8 Å². The number of aryl methyl sites for hydroxylation is 2. The minimum atomic E-state index is -0.263. The predicted octanol–water partition coefficient (Wildman–Crippen LogP) is 1.69. The Hall–Kier alpha value is -2.63. The van der Waals surface area contributed by atoms with E-state index in [9.17, 15) is 4.79 Å². The number of nitrogens with zero attached hydrogens (tertiary/aromatic N) is 3. The van der Waals surface area contributed by atoms with Crippen LogP contribution in [0.3, 0.4) is 0 Å². The van der Waals surface area contributed by atoms with Crippen LogP contribution in [-0.2, 0) is 6.42 Å². The van der Waals surface area contributed by atoms with Crippen LogP contribution in [0, 0.1) is 13.8 Å². The molecule has 0 saturated heterocycles. The highest BCUT2D eigenvalue weighted by Crippen LogP contribution is 2.10. The molecule has 0 aliphatic carbocycles. The molecule has 2 aromatic heterocycles. The number of hydrogen-bond donors (Lipinski definition) is 2. The number of H-pyrrole nitrogens is 1. The maximum Gasteiger partial charge on any atom is 0.349 e. The summed E-state index contributed by atoms with van der Waals surface area (Å²) in [6.07, 6.45) is 0.923. The Balaban J connectivity index is 1.74. The second-order valence-corrected chi connectivity index (χ2v) is 5.01. The standard InChI is InChI=1S/C15H17N5O/c1-10-5-3-4-6-12(10)7-8-16-13-9-14-18-19-15(21)20(14)11(2)17-13/h3-6,9,16H,7-8H2,1-2H3,(H,19,21). The lowest BCUT2D eigenvalue weighted by atomic mass is 10.1. The summed E-state index contributed by atoms with van der Waals surface area (Å²) in [5.74, 6) is 1.34. The van der Waals surface area contributed by atoms with E-state index in [1.165, 1.54) is 15.5 Å². The lowest BCUT2D eigenvalue weighted by molar-refractivity contribution is 0.924. The van der Waals surface area contributed by atoms with Crippen molar-refractivity contribution < 1.29 is 0 Å². The summed E-state index contributed by atoms with van der Waals surface area (Å²) in [5.41, 5.74) is 2.92. The molecule has 0 aliphatic heterocycles. The molecule has 21 heavy (non-hydrogen) atoms.